The molecular weight excluding hydrogens is 98.1 g/mol. The Morgan fingerprint density at radius 3 is 2.25 bits per heavy atom. The Kier molecular flexibility index (Phi) is 0.884. The Morgan fingerprint density at radius 1 is 1.12 bits per heavy atom. The van der Waals surface area contributed by atoms with Crippen LogP contribution in [0.15, 0.2) is 0 Å². The van der Waals surface area contributed by atoms with Gasteiger partial charge in [0.1, 0.15) is 0 Å². The van der Waals surface area contributed by atoms with E-state index in [4.69, 9.17) is 5.73 Å². The molecular formula is C7H13N. The second kappa shape index (κ2) is 1.47. The molecule has 0 amide bonds. The summed E-state index contributed by atoms with van der Waals surface area (Å²) in [5.74, 6) is 1.94. The van der Waals surface area contributed by atoms with Crippen molar-refractivity contribution < 1.29 is 0 Å². The van der Waals surface area contributed by atoms with Crippen LogP contribution in [0.25, 0.3) is 0 Å². The Balaban J connectivity index is 2.11. The van der Waals surface area contributed by atoms with E-state index in [1.165, 1.54) is 25.7 Å². The standard InChI is InChI=1S/C7H13N/c8-7-4-5-1-2-6(7)3-5/h5-7H,1-4,8H2/t5-,6?,7?/m0/s1. The van der Waals surface area contributed by atoms with E-state index in [-0.39, 0.29) is 0 Å². The molecule has 8 heavy (non-hydrogen) atoms. The van der Waals surface area contributed by atoms with Gasteiger partial charge in [-0.1, -0.05) is 6.42 Å². The Bertz CT molecular complexity index is 98.6. The van der Waals surface area contributed by atoms with Crippen LogP contribution in [0.1, 0.15) is 25.7 Å². The van der Waals surface area contributed by atoms with Crippen LogP contribution in [-0.2, 0) is 0 Å². The minimum atomic E-state index is 0.578. The van der Waals surface area contributed by atoms with Gasteiger partial charge in [-0.3, -0.25) is 0 Å². The van der Waals surface area contributed by atoms with E-state index in [2.05, 4.69) is 0 Å². The minimum absolute atomic E-state index is 0.578. The molecule has 3 atom stereocenters. The maximum Gasteiger partial charge on any atom is 0.00699 e. The van der Waals surface area contributed by atoms with Crippen LogP contribution in [0.5, 0.6) is 0 Å². The molecule has 0 saturated heterocycles. The molecule has 0 radical (unpaired) electrons. The molecule has 1 nitrogen and oxygen atoms in total. The maximum absolute atomic E-state index is 5.82. The molecule has 0 heterocycles. The van der Waals surface area contributed by atoms with Crippen molar-refractivity contribution in [3.8, 4) is 0 Å². The highest BCUT2D eigenvalue weighted by Crippen LogP contribution is 2.43. The zero-order valence-electron chi connectivity index (χ0n) is 5.14. The smallest absolute Gasteiger partial charge is 0.00699 e. The summed E-state index contributed by atoms with van der Waals surface area (Å²) in [7, 11) is 0. The minimum Gasteiger partial charge on any atom is -0.327 e. The number of nitrogens with two attached hydrogens (primary N) is 1. The lowest BCUT2D eigenvalue weighted by molar-refractivity contribution is 0.418. The molecule has 2 rings (SSSR count). The average Bonchev–Trinajstić information content (AvgIpc) is 2.23. The van der Waals surface area contributed by atoms with Crippen LogP contribution in [0.4, 0.5) is 0 Å². The Hall–Kier alpha value is -0.0400. The molecule has 0 aliphatic heterocycles. The van der Waals surface area contributed by atoms with Gasteiger partial charge in [-0.25, -0.2) is 0 Å². The largest absolute Gasteiger partial charge is 0.327 e. The molecule has 2 aliphatic rings. The van der Waals surface area contributed by atoms with Gasteiger partial charge in [0.15, 0.2) is 0 Å². The van der Waals surface area contributed by atoms with E-state index < -0.39 is 0 Å². The van der Waals surface area contributed by atoms with Crippen molar-refractivity contribution in [3.05, 3.63) is 0 Å². The lowest BCUT2D eigenvalue weighted by Crippen LogP contribution is -2.26. The molecule has 2 saturated carbocycles. The SMILES string of the molecule is NC1C[C@H]2CCC1C2. The summed E-state index contributed by atoms with van der Waals surface area (Å²) in [5.41, 5.74) is 5.82. The van der Waals surface area contributed by atoms with Crippen LogP contribution in [0, 0.1) is 11.8 Å². The summed E-state index contributed by atoms with van der Waals surface area (Å²) in [4.78, 5) is 0. The number of fused-ring (bicyclic) bond motifs is 2. The highest BCUT2D eigenvalue weighted by atomic mass is 14.7. The second-order valence-corrected chi connectivity index (χ2v) is 3.34. The monoisotopic (exact) mass is 111 g/mol. The third kappa shape index (κ3) is 0.510. The average molecular weight is 111 g/mol. The van der Waals surface area contributed by atoms with E-state index in [9.17, 15) is 0 Å². The third-order valence-electron chi connectivity index (χ3n) is 2.79. The summed E-state index contributed by atoms with van der Waals surface area (Å²) in [6.45, 7) is 0. The Labute approximate surface area is 50.3 Å². The molecule has 2 unspecified atom stereocenters. The predicted octanol–water partition coefficient (Wildman–Crippen LogP) is 1.13. The first-order valence-corrected chi connectivity index (χ1v) is 3.62. The van der Waals surface area contributed by atoms with Gasteiger partial charge in [0.05, 0.1) is 0 Å². The molecule has 0 aromatic heterocycles. The van der Waals surface area contributed by atoms with Crippen LogP contribution >= 0.6 is 0 Å². The molecule has 1 heteroatoms. The molecule has 0 spiro atoms. The van der Waals surface area contributed by atoms with E-state index in [1.807, 2.05) is 0 Å². The Morgan fingerprint density at radius 2 is 2.00 bits per heavy atom. The number of hydrogen-bond donors (Lipinski definition) is 1. The van der Waals surface area contributed by atoms with Crippen molar-refractivity contribution in [2.75, 3.05) is 0 Å². The van der Waals surface area contributed by atoms with Crippen LogP contribution in [-0.4, -0.2) is 6.04 Å². The van der Waals surface area contributed by atoms with Gasteiger partial charge in [-0.15, -0.1) is 0 Å². The van der Waals surface area contributed by atoms with Gasteiger partial charge in [0, 0.05) is 6.04 Å². The van der Waals surface area contributed by atoms with Gasteiger partial charge < -0.3 is 5.73 Å². The van der Waals surface area contributed by atoms with Crippen molar-refractivity contribution in [1.82, 2.24) is 0 Å². The lowest BCUT2D eigenvalue weighted by Gasteiger charge is -2.15. The topological polar surface area (TPSA) is 26.0 Å². The van der Waals surface area contributed by atoms with E-state index in [0.29, 0.717) is 6.04 Å². The van der Waals surface area contributed by atoms with Crippen molar-refractivity contribution in [2.45, 2.75) is 31.7 Å². The van der Waals surface area contributed by atoms with Gasteiger partial charge in [-0.2, -0.15) is 0 Å². The van der Waals surface area contributed by atoms with Crippen LogP contribution < -0.4 is 5.73 Å². The summed E-state index contributed by atoms with van der Waals surface area (Å²) < 4.78 is 0. The first-order chi connectivity index (χ1) is 3.86. The molecule has 2 bridgehead atoms. The molecule has 2 N–H and O–H groups in total. The summed E-state index contributed by atoms with van der Waals surface area (Å²) in [6.07, 6.45) is 5.66. The maximum atomic E-state index is 5.82. The zero-order valence-corrected chi connectivity index (χ0v) is 5.14. The zero-order chi connectivity index (χ0) is 5.56. The first-order valence-electron chi connectivity index (χ1n) is 3.62. The van der Waals surface area contributed by atoms with Gasteiger partial charge in [0.2, 0.25) is 0 Å². The van der Waals surface area contributed by atoms with Crippen LogP contribution in [0.3, 0.4) is 0 Å². The lowest BCUT2D eigenvalue weighted by atomic mass is 9.96. The second-order valence-electron chi connectivity index (χ2n) is 3.34. The van der Waals surface area contributed by atoms with Gasteiger partial charge in [0.25, 0.3) is 0 Å². The van der Waals surface area contributed by atoms with Gasteiger partial charge in [-0.05, 0) is 31.1 Å². The molecule has 2 fully saturated rings. The van der Waals surface area contributed by atoms with E-state index in [1.54, 1.807) is 0 Å². The first kappa shape index (κ1) is 4.80. The predicted molar refractivity (Wildman–Crippen MR) is 33.4 cm³/mol. The highest BCUT2D eigenvalue weighted by Gasteiger charge is 2.36. The summed E-state index contributed by atoms with van der Waals surface area (Å²) in [5, 5.41) is 0. The quantitative estimate of drug-likeness (QED) is 0.498. The summed E-state index contributed by atoms with van der Waals surface area (Å²) in [6, 6.07) is 0.578. The third-order valence-corrected chi connectivity index (χ3v) is 2.79. The summed E-state index contributed by atoms with van der Waals surface area (Å²) >= 11 is 0. The van der Waals surface area contributed by atoms with Crippen LogP contribution in [0.2, 0.25) is 0 Å². The fraction of sp³-hybridized carbons (Fsp3) is 1.00. The van der Waals surface area contributed by atoms with Crippen molar-refractivity contribution in [1.29, 1.82) is 0 Å². The van der Waals surface area contributed by atoms with Gasteiger partial charge >= 0.3 is 0 Å². The molecule has 0 aromatic rings. The van der Waals surface area contributed by atoms with E-state index >= 15 is 0 Å². The van der Waals surface area contributed by atoms with Crippen molar-refractivity contribution in [3.63, 3.8) is 0 Å². The van der Waals surface area contributed by atoms with Crippen molar-refractivity contribution in [2.24, 2.45) is 17.6 Å². The fourth-order valence-electron chi connectivity index (χ4n) is 2.29. The number of rotatable bonds is 0. The highest BCUT2D eigenvalue weighted by molar-refractivity contribution is 4.91. The van der Waals surface area contributed by atoms with Crippen molar-refractivity contribution >= 4 is 0 Å². The molecule has 0 aromatic carbocycles. The molecule has 2 aliphatic carbocycles. The number of hydrogen-bond acceptors (Lipinski definition) is 1. The molecule has 46 valence electrons. The normalized spacial score (nSPS) is 52.9. The van der Waals surface area contributed by atoms with E-state index in [0.717, 1.165) is 11.8 Å². The fourth-order valence-corrected chi connectivity index (χ4v) is 2.29.